The zero-order valence-corrected chi connectivity index (χ0v) is 19.9. The van der Waals surface area contributed by atoms with Gasteiger partial charge in [0.05, 0.1) is 0 Å². The molecule has 176 valence electrons. The Morgan fingerprint density at radius 3 is 2.47 bits per heavy atom. The summed E-state index contributed by atoms with van der Waals surface area (Å²) in [6, 6.07) is 0. The predicted octanol–water partition coefficient (Wildman–Crippen LogP) is 6.84. The van der Waals surface area contributed by atoms with Crippen molar-refractivity contribution in [3.63, 3.8) is 0 Å². The number of allylic oxidation sites excluding steroid dienone is 2. The molecule has 1 aliphatic carbocycles. The van der Waals surface area contributed by atoms with Crippen LogP contribution in [0.4, 0.5) is 0 Å². The van der Waals surface area contributed by atoms with Crippen LogP contribution in [0.2, 0.25) is 0 Å². The molecule has 2 unspecified atom stereocenters. The first-order valence-corrected chi connectivity index (χ1v) is 12.7. The minimum absolute atomic E-state index is 0.0969. The molecule has 4 heteroatoms. The third-order valence-corrected chi connectivity index (χ3v) is 7.06. The largest absolute Gasteiger partial charge is 0.481 e. The van der Waals surface area contributed by atoms with Crippen molar-refractivity contribution in [3.05, 3.63) is 11.6 Å². The number of aliphatic carboxylic acids is 1. The van der Waals surface area contributed by atoms with E-state index in [1.165, 1.54) is 31.3 Å². The topological polar surface area (TPSA) is 77.8 Å². The first-order valence-electron chi connectivity index (χ1n) is 12.7. The molecule has 0 saturated heterocycles. The van der Waals surface area contributed by atoms with Crippen LogP contribution in [0.1, 0.15) is 124 Å². The summed E-state index contributed by atoms with van der Waals surface area (Å²) in [6.07, 6.45) is 17.9. The smallest absolute Gasteiger partial charge is 0.303 e. The normalized spacial score (nSPS) is 20.6. The molecule has 0 radical (unpaired) electrons. The third-order valence-electron chi connectivity index (χ3n) is 7.06. The van der Waals surface area contributed by atoms with E-state index < -0.39 is 11.8 Å². The number of aliphatic hydroxyl groups is 2. The van der Waals surface area contributed by atoms with E-state index in [0.717, 1.165) is 64.2 Å². The second-order valence-electron chi connectivity index (χ2n) is 9.66. The van der Waals surface area contributed by atoms with E-state index in [1.807, 2.05) is 0 Å². The maximum atomic E-state index is 10.9. The Morgan fingerprint density at radius 1 is 1.10 bits per heavy atom. The van der Waals surface area contributed by atoms with Crippen LogP contribution in [0, 0.1) is 17.8 Å². The highest BCUT2D eigenvalue weighted by Gasteiger charge is 2.36. The summed E-state index contributed by atoms with van der Waals surface area (Å²) in [5.74, 6) is -1.42. The molecule has 3 atom stereocenters. The number of hydrogen-bond donors (Lipinski definition) is 3. The van der Waals surface area contributed by atoms with Crippen molar-refractivity contribution < 1.29 is 20.1 Å². The third kappa shape index (κ3) is 10.4. The van der Waals surface area contributed by atoms with Crippen LogP contribution in [0.5, 0.6) is 0 Å². The Hall–Kier alpha value is -0.870. The van der Waals surface area contributed by atoms with Crippen LogP contribution in [0.25, 0.3) is 0 Å². The quantitative estimate of drug-likeness (QED) is 0.136. The fourth-order valence-corrected chi connectivity index (χ4v) is 5.07. The minimum atomic E-state index is -1.57. The number of unbranched alkanes of at least 4 members (excludes halogenated alkanes) is 5. The summed E-state index contributed by atoms with van der Waals surface area (Å²) < 4.78 is 0. The van der Waals surface area contributed by atoms with Gasteiger partial charge in [0.15, 0.2) is 5.79 Å². The van der Waals surface area contributed by atoms with Crippen molar-refractivity contribution in [1.82, 2.24) is 0 Å². The lowest BCUT2D eigenvalue weighted by atomic mass is 9.78. The van der Waals surface area contributed by atoms with Crippen molar-refractivity contribution in [3.8, 4) is 0 Å². The van der Waals surface area contributed by atoms with Gasteiger partial charge >= 0.3 is 5.97 Å². The Balaban J connectivity index is 2.62. The highest BCUT2D eigenvalue weighted by Crippen LogP contribution is 2.38. The van der Waals surface area contributed by atoms with Crippen LogP contribution in [0.3, 0.4) is 0 Å². The zero-order valence-electron chi connectivity index (χ0n) is 19.9. The average molecular weight is 425 g/mol. The van der Waals surface area contributed by atoms with Crippen LogP contribution < -0.4 is 0 Å². The van der Waals surface area contributed by atoms with E-state index in [-0.39, 0.29) is 12.3 Å². The second kappa shape index (κ2) is 15.0. The average Bonchev–Trinajstić information content (AvgIpc) is 3.14. The number of carboxylic acids is 1. The Morgan fingerprint density at radius 2 is 1.80 bits per heavy atom. The van der Waals surface area contributed by atoms with Gasteiger partial charge in [-0.1, -0.05) is 77.4 Å². The molecule has 1 aliphatic rings. The molecule has 1 rings (SSSR count). The summed E-state index contributed by atoms with van der Waals surface area (Å²) in [7, 11) is 0. The van der Waals surface area contributed by atoms with Gasteiger partial charge < -0.3 is 15.3 Å². The van der Waals surface area contributed by atoms with Gasteiger partial charge in [0.25, 0.3) is 0 Å². The molecule has 0 aromatic rings. The Labute approximate surface area is 185 Å². The van der Waals surface area contributed by atoms with Crippen LogP contribution in [-0.2, 0) is 4.79 Å². The van der Waals surface area contributed by atoms with Crippen molar-refractivity contribution in [2.75, 3.05) is 0 Å². The first kappa shape index (κ1) is 27.2. The molecule has 1 saturated carbocycles. The molecule has 3 N–H and O–H groups in total. The molecule has 0 aliphatic heterocycles. The molecule has 0 spiro atoms. The number of carboxylic acid groups (broad SMARTS) is 1. The van der Waals surface area contributed by atoms with E-state index in [9.17, 15) is 15.0 Å². The van der Waals surface area contributed by atoms with Crippen molar-refractivity contribution in [1.29, 1.82) is 0 Å². The van der Waals surface area contributed by atoms with Gasteiger partial charge in [-0.15, -0.1) is 0 Å². The lowest BCUT2D eigenvalue weighted by Gasteiger charge is -2.35. The summed E-state index contributed by atoms with van der Waals surface area (Å²) in [5, 5.41) is 30.5. The summed E-state index contributed by atoms with van der Waals surface area (Å²) in [6.45, 7) is 6.48. The maximum absolute atomic E-state index is 10.9. The summed E-state index contributed by atoms with van der Waals surface area (Å²) in [5.41, 5.74) is 1.53. The number of rotatable bonds is 17. The molecule has 4 nitrogen and oxygen atoms in total. The predicted molar refractivity (Wildman–Crippen MR) is 124 cm³/mol. The maximum Gasteiger partial charge on any atom is 0.303 e. The molecule has 1 fully saturated rings. The number of hydrogen-bond acceptors (Lipinski definition) is 3. The highest BCUT2D eigenvalue weighted by atomic mass is 16.5. The monoisotopic (exact) mass is 424 g/mol. The van der Waals surface area contributed by atoms with Crippen LogP contribution >= 0.6 is 0 Å². The SMILES string of the molecule is CCCCC(C)C(CC=C1CCC[C@@H]1CCCCCCC(=O)O)C(O)(O)CCCC. The molecular weight excluding hydrogens is 376 g/mol. The van der Waals surface area contributed by atoms with Crippen LogP contribution in [-0.4, -0.2) is 27.1 Å². The van der Waals surface area contributed by atoms with Gasteiger partial charge in [0, 0.05) is 18.8 Å². The summed E-state index contributed by atoms with van der Waals surface area (Å²) in [4.78, 5) is 10.6. The number of carbonyl (C=O) groups is 1. The molecule has 0 bridgehead atoms. The fraction of sp³-hybridized carbons (Fsp3) is 0.885. The van der Waals surface area contributed by atoms with Gasteiger partial charge in [-0.2, -0.15) is 0 Å². The highest BCUT2D eigenvalue weighted by molar-refractivity contribution is 5.66. The van der Waals surface area contributed by atoms with Crippen molar-refractivity contribution in [2.45, 2.75) is 129 Å². The standard InChI is InChI=1S/C26H48O4/c1-4-6-13-21(3)24(26(29,30)20-7-5-2)19-18-23-16-12-15-22(23)14-10-8-9-11-17-25(27)28/h18,21-22,24,29-30H,4-17,19-20H2,1-3H3,(H,27,28)/t21?,22-,24?/m0/s1. The Bertz CT molecular complexity index is 497. The van der Waals surface area contributed by atoms with Crippen molar-refractivity contribution >= 4 is 5.97 Å². The lowest BCUT2D eigenvalue weighted by Crippen LogP contribution is -2.41. The molecule has 0 amide bonds. The van der Waals surface area contributed by atoms with E-state index >= 15 is 0 Å². The fourth-order valence-electron chi connectivity index (χ4n) is 5.07. The van der Waals surface area contributed by atoms with Gasteiger partial charge in [0.1, 0.15) is 0 Å². The molecule has 0 aromatic heterocycles. The van der Waals surface area contributed by atoms with Crippen molar-refractivity contribution in [2.24, 2.45) is 17.8 Å². The van der Waals surface area contributed by atoms with Gasteiger partial charge in [-0.3, -0.25) is 4.79 Å². The molecule has 0 heterocycles. The first-order chi connectivity index (χ1) is 14.3. The minimum Gasteiger partial charge on any atom is -0.481 e. The summed E-state index contributed by atoms with van der Waals surface area (Å²) >= 11 is 0. The van der Waals surface area contributed by atoms with E-state index in [4.69, 9.17) is 5.11 Å². The molecular formula is C26H48O4. The second-order valence-corrected chi connectivity index (χ2v) is 9.66. The lowest BCUT2D eigenvalue weighted by molar-refractivity contribution is -0.216. The van der Waals surface area contributed by atoms with Gasteiger partial charge in [0.2, 0.25) is 0 Å². The van der Waals surface area contributed by atoms with Gasteiger partial charge in [-0.25, -0.2) is 0 Å². The van der Waals surface area contributed by atoms with E-state index in [1.54, 1.807) is 0 Å². The molecule has 0 aromatic carbocycles. The van der Waals surface area contributed by atoms with E-state index in [2.05, 4.69) is 26.8 Å². The van der Waals surface area contributed by atoms with Gasteiger partial charge in [-0.05, 0) is 56.8 Å². The van der Waals surface area contributed by atoms with Crippen LogP contribution in [0.15, 0.2) is 11.6 Å². The molecule has 30 heavy (non-hydrogen) atoms. The van der Waals surface area contributed by atoms with E-state index in [0.29, 0.717) is 18.3 Å². The Kier molecular flexibility index (Phi) is 13.6. The zero-order chi connectivity index (χ0) is 22.4.